The van der Waals surface area contributed by atoms with Gasteiger partial charge in [-0.3, -0.25) is 4.79 Å². The number of rotatable bonds is 3. The van der Waals surface area contributed by atoms with Crippen LogP contribution in [0.25, 0.3) is 0 Å². The minimum absolute atomic E-state index is 0.0413. The first kappa shape index (κ1) is 10.7. The van der Waals surface area contributed by atoms with Gasteiger partial charge >= 0.3 is 5.97 Å². The van der Waals surface area contributed by atoms with Gasteiger partial charge in [-0.15, -0.1) is 0 Å². The molecule has 0 saturated heterocycles. The van der Waals surface area contributed by atoms with Crippen LogP contribution in [-0.4, -0.2) is 11.1 Å². The Kier molecular flexibility index (Phi) is 3.23. The number of halogens is 1. The smallest absolute Gasteiger partial charge is 0.303 e. The van der Waals surface area contributed by atoms with Crippen LogP contribution in [0.4, 0.5) is 4.39 Å². The molecule has 0 radical (unpaired) electrons. The van der Waals surface area contributed by atoms with Crippen LogP contribution in [0.1, 0.15) is 30.4 Å². The molecule has 0 aliphatic heterocycles. The van der Waals surface area contributed by atoms with Crippen LogP contribution in [-0.2, 0) is 4.79 Å². The van der Waals surface area contributed by atoms with E-state index in [-0.39, 0.29) is 18.2 Å². The zero-order chi connectivity index (χ0) is 10.7. The Hall–Kier alpha value is -1.38. The van der Waals surface area contributed by atoms with Gasteiger partial charge < -0.3 is 5.11 Å². The number of carboxylic acids is 1. The van der Waals surface area contributed by atoms with Crippen LogP contribution >= 0.6 is 0 Å². The first-order valence-corrected chi connectivity index (χ1v) is 4.48. The van der Waals surface area contributed by atoms with Crippen LogP contribution in [0.15, 0.2) is 18.2 Å². The number of benzene rings is 1. The van der Waals surface area contributed by atoms with E-state index in [1.165, 1.54) is 6.07 Å². The zero-order valence-electron chi connectivity index (χ0n) is 8.25. The van der Waals surface area contributed by atoms with Crippen molar-refractivity contribution >= 4 is 5.97 Å². The summed E-state index contributed by atoms with van der Waals surface area (Å²) in [5, 5.41) is 8.58. The lowest BCUT2D eigenvalue weighted by Crippen LogP contribution is -2.05. The van der Waals surface area contributed by atoms with E-state index in [1.54, 1.807) is 19.1 Å². The molecule has 1 atom stereocenters. The van der Waals surface area contributed by atoms with Crippen molar-refractivity contribution < 1.29 is 14.3 Å². The molecule has 0 saturated carbocycles. The topological polar surface area (TPSA) is 37.3 Å². The molecule has 0 aliphatic rings. The first-order valence-electron chi connectivity index (χ1n) is 4.48. The lowest BCUT2D eigenvalue weighted by Gasteiger charge is -2.10. The number of carboxylic acid groups (broad SMARTS) is 1. The zero-order valence-corrected chi connectivity index (χ0v) is 8.25. The normalized spacial score (nSPS) is 12.5. The second-order valence-corrected chi connectivity index (χ2v) is 3.52. The molecule has 0 unspecified atom stereocenters. The number of hydrogen-bond donors (Lipinski definition) is 1. The summed E-state index contributed by atoms with van der Waals surface area (Å²) in [5.74, 6) is -1.52. The van der Waals surface area contributed by atoms with Gasteiger partial charge in [0, 0.05) is 0 Å². The van der Waals surface area contributed by atoms with Crippen LogP contribution in [0, 0.1) is 12.7 Å². The highest BCUT2D eigenvalue weighted by molar-refractivity contribution is 5.68. The van der Waals surface area contributed by atoms with Crippen molar-refractivity contribution in [2.75, 3.05) is 0 Å². The maximum atomic E-state index is 13.3. The standard InChI is InChI=1S/C11H13FO2/c1-7-3-4-10(12)9(5-7)8(2)6-11(13)14/h3-5,8H,6H2,1-2H3,(H,13,14)/t8-/m0/s1. The maximum absolute atomic E-state index is 13.3. The van der Waals surface area contributed by atoms with Crippen molar-refractivity contribution in [1.82, 2.24) is 0 Å². The molecular weight excluding hydrogens is 183 g/mol. The van der Waals surface area contributed by atoms with Crippen molar-refractivity contribution in [3.8, 4) is 0 Å². The summed E-state index contributed by atoms with van der Waals surface area (Å²) < 4.78 is 13.3. The summed E-state index contributed by atoms with van der Waals surface area (Å²) in [6.07, 6.45) is -0.0413. The van der Waals surface area contributed by atoms with Gasteiger partial charge in [-0.25, -0.2) is 4.39 Å². The van der Waals surface area contributed by atoms with E-state index in [9.17, 15) is 9.18 Å². The van der Waals surface area contributed by atoms with Crippen LogP contribution < -0.4 is 0 Å². The Morgan fingerprint density at radius 1 is 1.57 bits per heavy atom. The monoisotopic (exact) mass is 196 g/mol. The summed E-state index contributed by atoms with van der Waals surface area (Å²) >= 11 is 0. The van der Waals surface area contributed by atoms with Gasteiger partial charge in [0.1, 0.15) is 5.82 Å². The van der Waals surface area contributed by atoms with Crippen molar-refractivity contribution in [3.05, 3.63) is 35.1 Å². The molecule has 0 bridgehead atoms. The van der Waals surface area contributed by atoms with Gasteiger partial charge in [-0.1, -0.05) is 24.6 Å². The van der Waals surface area contributed by atoms with Gasteiger partial charge in [0.2, 0.25) is 0 Å². The number of hydrogen-bond acceptors (Lipinski definition) is 1. The second-order valence-electron chi connectivity index (χ2n) is 3.52. The number of carbonyl (C=O) groups is 1. The molecule has 14 heavy (non-hydrogen) atoms. The van der Waals surface area contributed by atoms with Gasteiger partial charge in [-0.05, 0) is 24.5 Å². The molecule has 0 heterocycles. The average molecular weight is 196 g/mol. The van der Waals surface area contributed by atoms with E-state index >= 15 is 0 Å². The molecule has 3 heteroatoms. The summed E-state index contributed by atoms with van der Waals surface area (Å²) in [6, 6.07) is 4.75. The van der Waals surface area contributed by atoms with Crippen molar-refractivity contribution in [3.63, 3.8) is 0 Å². The third kappa shape index (κ3) is 2.55. The minimum Gasteiger partial charge on any atom is -0.481 e. The van der Waals surface area contributed by atoms with E-state index in [4.69, 9.17) is 5.11 Å². The molecule has 2 nitrogen and oxygen atoms in total. The predicted molar refractivity (Wildman–Crippen MR) is 51.8 cm³/mol. The molecule has 1 aromatic rings. The fourth-order valence-electron chi connectivity index (χ4n) is 1.41. The molecule has 1 rings (SSSR count). The van der Waals surface area contributed by atoms with Crippen LogP contribution in [0.5, 0.6) is 0 Å². The van der Waals surface area contributed by atoms with E-state index in [0.717, 1.165) is 5.56 Å². The molecule has 0 amide bonds. The second kappa shape index (κ2) is 4.22. The molecule has 0 aliphatic carbocycles. The lowest BCUT2D eigenvalue weighted by atomic mass is 9.96. The number of aliphatic carboxylic acids is 1. The third-order valence-electron chi connectivity index (χ3n) is 2.16. The van der Waals surface area contributed by atoms with E-state index in [2.05, 4.69) is 0 Å². The molecule has 1 N–H and O–H groups in total. The fourth-order valence-corrected chi connectivity index (χ4v) is 1.41. The highest BCUT2D eigenvalue weighted by atomic mass is 19.1. The summed E-state index contributed by atoms with van der Waals surface area (Å²) in [4.78, 5) is 10.5. The molecular formula is C11H13FO2. The maximum Gasteiger partial charge on any atom is 0.303 e. The summed E-state index contributed by atoms with van der Waals surface area (Å²) in [6.45, 7) is 3.57. The largest absolute Gasteiger partial charge is 0.481 e. The summed E-state index contributed by atoms with van der Waals surface area (Å²) in [5.41, 5.74) is 1.42. The van der Waals surface area contributed by atoms with E-state index < -0.39 is 5.97 Å². The van der Waals surface area contributed by atoms with Gasteiger partial charge in [0.25, 0.3) is 0 Å². The lowest BCUT2D eigenvalue weighted by molar-refractivity contribution is -0.137. The van der Waals surface area contributed by atoms with E-state index in [1.807, 2.05) is 6.92 Å². The Bertz CT molecular complexity index is 347. The SMILES string of the molecule is Cc1ccc(F)c([C@@H](C)CC(=O)O)c1. The highest BCUT2D eigenvalue weighted by Gasteiger charge is 2.14. The Balaban J connectivity index is 2.93. The van der Waals surface area contributed by atoms with Crippen LogP contribution in [0.2, 0.25) is 0 Å². The quantitative estimate of drug-likeness (QED) is 0.807. The first-order chi connectivity index (χ1) is 6.50. The predicted octanol–water partition coefficient (Wildman–Crippen LogP) is 2.71. The minimum atomic E-state index is -0.904. The number of aryl methyl sites for hydroxylation is 1. The summed E-state index contributed by atoms with van der Waals surface area (Å²) in [7, 11) is 0. The average Bonchev–Trinajstić information content (AvgIpc) is 2.08. The van der Waals surface area contributed by atoms with Crippen molar-refractivity contribution in [2.24, 2.45) is 0 Å². The molecule has 0 aromatic heterocycles. The Labute approximate surface area is 82.4 Å². The third-order valence-corrected chi connectivity index (χ3v) is 2.16. The molecule has 0 spiro atoms. The Morgan fingerprint density at radius 2 is 2.21 bits per heavy atom. The highest BCUT2D eigenvalue weighted by Crippen LogP contribution is 2.22. The van der Waals surface area contributed by atoms with Gasteiger partial charge in [-0.2, -0.15) is 0 Å². The van der Waals surface area contributed by atoms with Crippen LogP contribution in [0.3, 0.4) is 0 Å². The van der Waals surface area contributed by atoms with Crippen molar-refractivity contribution in [2.45, 2.75) is 26.2 Å². The Morgan fingerprint density at radius 3 is 2.79 bits per heavy atom. The van der Waals surface area contributed by atoms with Crippen molar-refractivity contribution in [1.29, 1.82) is 0 Å². The fraction of sp³-hybridized carbons (Fsp3) is 0.364. The van der Waals surface area contributed by atoms with Gasteiger partial charge in [0.05, 0.1) is 6.42 Å². The molecule has 0 fully saturated rings. The molecule has 1 aromatic carbocycles. The molecule has 76 valence electrons. The van der Waals surface area contributed by atoms with E-state index in [0.29, 0.717) is 5.56 Å². The van der Waals surface area contributed by atoms with Gasteiger partial charge in [0.15, 0.2) is 0 Å².